The minimum absolute atomic E-state index is 0.114. The van der Waals surface area contributed by atoms with Crippen LogP contribution in [0.15, 0.2) is 30.3 Å². The second-order valence-electron chi connectivity index (χ2n) is 4.54. The fourth-order valence-corrected chi connectivity index (χ4v) is 1.61. The lowest BCUT2D eigenvalue weighted by atomic mass is 10.2. The molecule has 21 heavy (non-hydrogen) atoms. The second-order valence-corrected chi connectivity index (χ2v) is 4.54. The zero-order chi connectivity index (χ0) is 15.8. The second kappa shape index (κ2) is 8.01. The maximum Gasteiger partial charge on any atom is 0.325 e. The van der Waals surface area contributed by atoms with E-state index in [2.05, 4.69) is 0 Å². The summed E-state index contributed by atoms with van der Waals surface area (Å²) in [6, 6.07) is 7.94. The molecule has 1 amide bonds. The summed E-state index contributed by atoms with van der Waals surface area (Å²) in [7, 11) is 1.37. The van der Waals surface area contributed by atoms with Gasteiger partial charge in [-0.25, -0.2) is 0 Å². The Morgan fingerprint density at radius 3 is 2.48 bits per heavy atom. The maximum absolute atomic E-state index is 11.7. The number of ether oxygens (including phenoxy) is 1. The van der Waals surface area contributed by atoms with E-state index < -0.39 is 30.3 Å². The molecule has 0 bridgehead atoms. The molecule has 1 atom stereocenters. The van der Waals surface area contributed by atoms with Crippen molar-refractivity contribution < 1.29 is 24.2 Å². The van der Waals surface area contributed by atoms with Gasteiger partial charge in [-0.15, -0.1) is 0 Å². The quantitative estimate of drug-likeness (QED) is 0.684. The van der Waals surface area contributed by atoms with E-state index in [9.17, 15) is 14.4 Å². The Morgan fingerprint density at radius 1 is 1.29 bits per heavy atom. The lowest BCUT2D eigenvalue weighted by Crippen LogP contribution is -2.45. The number of carbonyl (C=O) groups is 3. The number of esters is 1. The van der Waals surface area contributed by atoms with E-state index >= 15 is 0 Å². The van der Waals surface area contributed by atoms with Gasteiger partial charge in [0.2, 0.25) is 5.91 Å². The topological polar surface area (TPSA) is 110 Å². The first kappa shape index (κ1) is 16.6. The van der Waals surface area contributed by atoms with Gasteiger partial charge in [0.25, 0.3) is 0 Å². The number of likely N-dealkylation sites (N-methyl/N-ethyl adjacent to an activating group) is 1. The highest BCUT2D eigenvalue weighted by Gasteiger charge is 2.22. The summed E-state index contributed by atoms with van der Waals surface area (Å²) in [5, 5.41) is 8.56. The Kier molecular flexibility index (Phi) is 6.35. The number of hydrogen-bond acceptors (Lipinski definition) is 5. The van der Waals surface area contributed by atoms with E-state index in [-0.39, 0.29) is 13.2 Å². The fourth-order valence-electron chi connectivity index (χ4n) is 1.61. The molecule has 0 radical (unpaired) electrons. The van der Waals surface area contributed by atoms with Crippen LogP contribution in [0.3, 0.4) is 0 Å². The van der Waals surface area contributed by atoms with Crippen LogP contribution in [0, 0.1) is 0 Å². The normalized spacial score (nSPS) is 11.5. The van der Waals surface area contributed by atoms with Crippen molar-refractivity contribution >= 4 is 17.8 Å². The van der Waals surface area contributed by atoms with E-state index in [0.29, 0.717) is 0 Å². The number of amides is 1. The van der Waals surface area contributed by atoms with Crippen molar-refractivity contribution in [1.29, 1.82) is 0 Å². The van der Waals surface area contributed by atoms with E-state index in [1.165, 1.54) is 7.05 Å². The van der Waals surface area contributed by atoms with Gasteiger partial charge in [-0.3, -0.25) is 14.4 Å². The van der Waals surface area contributed by atoms with Crippen molar-refractivity contribution in [3.63, 3.8) is 0 Å². The van der Waals surface area contributed by atoms with E-state index in [1.54, 1.807) is 0 Å². The number of carboxylic acids is 1. The Balaban J connectivity index is 2.39. The zero-order valence-corrected chi connectivity index (χ0v) is 11.7. The lowest BCUT2D eigenvalue weighted by molar-refractivity contribution is -0.150. The number of aliphatic carboxylic acids is 1. The van der Waals surface area contributed by atoms with Gasteiger partial charge in [0.05, 0.1) is 12.5 Å². The third-order valence-corrected chi connectivity index (χ3v) is 2.70. The van der Waals surface area contributed by atoms with E-state index in [1.807, 2.05) is 30.3 Å². The molecule has 0 aliphatic carbocycles. The highest BCUT2D eigenvalue weighted by molar-refractivity contribution is 5.88. The maximum atomic E-state index is 11.7. The lowest BCUT2D eigenvalue weighted by Gasteiger charge is -2.19. The average molecular weight is 294 g/mol. The van der Waals surface area contributed by atoms with Crippen LogP contribution in [-0.4, -0.2) is 47.5 Å². The highest BCUT2D eigenvalue weighted by atomic mass is 16.5. The van der Waals surface area contributed by atoms with Crippen molar-refractivity contribution in [2.45, 2.75) is 19.1 Å². The molecule has 0 aliphatic rings. The molecule has 0 spiro atoms. The SMILES string of the molecule is CN(CC(=O)OCc1ccccc1)C(=O)[C@@H](N)CC(=O)O. The summed E-state index contributed by atoms with van der Waals surface area (Å²) in [5.74, 6) is -2.37. The third-order valence-electron chi connectivity index (χ3n) is 2.70. The van der Waals surface area contributed by atoms with Crippen molar-refractivity contribution in [2.75, 3.05) is 13.6 Å². The Morgan fingerprint density at radius 2 is 1.90 bits per heavy atom. The standard InChI is InChI=1S/C14H18N2O5/c1-16(14(20)11(15)7-12(17)18)8-13(19)21-9-10-5-3-2-4-6-10/h2-6,11H,7-9,15H2,1H3,(H,17,18)/t11-/m0/s1. The van der Waals surface area contributed by atoms with Crippen molar-refractivity contribution in [3.05, 3.63) is 35.9 Å². The van der Waals surface area contributed by atoms with Crippen LogP contribution in [0.5, 0.6) is 0 Å². The molecule has 0 unspecified atom stereocenters. The number of hydrogen-bond donors (Lipinski definition) is 2. The van der Waals surface area contributed by atoms with Crippen LogP contribution in [-0.2, 0) is 25.7 Å². The van der Waals surface area contributed by atoms with Crippen LogP contribution in [0.1, 0.15) is 12.0 Å². The summed E-state index contributed by atoms with van der Waals surface area (Å²) < 4.78 is 5.02. The first-order chi connectivity index (χ1) is 9.90. The molecule has 3 N–H and O–H groups in total. The first-order valence-corrected chi connectivity index (χ1v) is 6.32. The molecule has 114 valence electrons. The molecule has 0 saturated heterocycles. The number of nitrogens with two attached hydrogens (primary N) is 1. The molecule has 1 rings (SSSR count). The monoisotopic (exact) mass is 294 g/mol. The largest absolute Gasteiger partial charge is 0.481 e. The number of carbonyl (C=O) groups excluding carboxylic acids is 2. The van der Waals surface area contributed by atoms with Crippen LogP contribution in [0.2, 0.25) is 0 Å². The molecule has 1 aromatic rings. The fraction of sp³-hybridized carbons (Fsp3) is 0.357. The number of nitrogens with zero attached hydrogens (tertiary/aromatic N) is 1. The van der Waals surface area contributed by atoms with Crippen LogP contribution in [0.25, 0.3) is 0 Å². The molecular weight excluding hydrogens is 276 g/mol. The molecule has 7 heteroatoms. The molecular formula is C14H18N2O5. The summed E-state index contributed by atoms with van der Waals surface area (Å²) in [6.07, 6.45) is -0.484. The molecule has 0 aliphatic heterocycles. The number of carboxylic acid groups (broad SMARTS) is 1. The van der Waals surface area contributed by atoms with Gasteiger partial charge in [0.15, 0.2) is 0 Å². The van der Waals surface area contributed by atoms with Gasteiger partial charge in [-0.1, -0.05) is 30.3 Å². The van der Waals surface area contributed by atoms with Gasteiger partial charge in [0, 0.05) is 7.05 Å². The molecule has 7 nitrogen and oxygen atoms in total. The van der Waals surface area contributed by atoms with Crippen LogP contribution >= 0.6 is 0 Å². The minimum Gasteiger partial charge on any atom is -0.481 e. The number of rotatable bonds is 7. The van der Waals surface area contributed by atoms with Crippen molar-refractivity contribution in [2.24, 2.45) is 5.73 Å². The van der Waals surface area contributed by atoms with Gasteiger partial charge >= 0.3 is 11.9 Å². The Bertz CT molecular complexity index is 503. The zero-order valence-electron chi connectivity index (χ0n) is 11.7. The molecule has 0 fully saturated rings. The van der Waals surface area contributed by atoms with E-state index in [4.69, 9.17) is 15.6 Å². The summed E-state index contributed by atoms with van der Waals surface area (Å²) in [5.41, 5.74) is 6.27. The summed E-state index contributed by atoms with van der Waals surface area (Å²) >= 11 is 0. The van der Waals surface area contributed by atoms with Crippen molar-refractivity contribution in [3.8, 4) is 0 Å². The van der Waals surface area contributed by atoms with Gasteiger partial charge in [0.1, 0.15) is 13.2 Å². The molecule has 0 aromatic heterocycles. The number of benzene rings is 1. The first-order valence-electron chi connectivity index (χ1n) is 6.32. The predicted octanol–water partition coefficient (Wildman–Crippen LogP) is -0.00980. The van der Waals surface area contributed by atoms with E-state index in [0.717, 1.165) is 10.5 Å². The molecule has 0 saturated carbocycles. The average Bonchev–Trinajstić information content (AvgIpc) is 2.44. The summed E-state index contributed by atoms with van der Waals surface area (Å²) in [4.78, 5) is 34.9. The van der Waals surface area contributed by atoms with Gasteiger partial charge in [-0.2, -0.15) is 0 Å². The Labute approximate surface area is 122 Å². The highest BCUT2D eigenvalue weighted by Crippen LogP contribution is 2.02. The van der Waals surface area contributed by atoms with Crippen LogP contribution < -0.4 is 5.73 Å². The predicted molar refractivity (Wildman–Crippen MR) is 74.1 cm³/mol. The third kappa shape index (κ3) is 6.05. The smallest absolute Gasteiger partial charge is 0.325 e. The van der Waals surface area contributed by atoms with Gasteiger partial charge < -0.3 is 20.5 Å². The molecule has 1 aromatic carbocycles. The molecule has 0 heterocycles. The van der Waals surface area contributed by atoms with Crippen molar-refractivity contribution in [1.82, 2.24) is 4.90 Å². The van der Waals surface area contributed by atoms with Gasteiger partial charge in [-0.05, 0) is 5.56 Å². The Hall–Kier alpha value is -2.41. The minimum atomic E-state index is -1.17. The summed E-state index contributed by atoms with van der Waals surface area (Å²) in [6.45, 7) is -0.165. The van der Waals surface area contributed by atoms with Crippen LogP contribution in [0.4, 0.5) is 0 Å².